The highest BCUT2D eigenvalue weighted by atomic mass is 32.2. The summed E-state index contributed by atoms with van der Waals surface area (Å²) in [5.41, 5.74) is 2.98. The van der Waals surface area contributed by atoms with Crippen LogP contribution in [-0.2, 0) is 21.8 Å². The molecule has 4 aromatic rings. The number of sulfone groups is 1. The van der Waals surface area contributed by atoms with Gasteiger partial charge in [-0.05, 0) is 47.9 Å². The Bertz CT molecular complexity index is 1680. The highest BCUT2D eigenvalue weighted by molar-refractivity contribution is 7.91. The molecule has 39 heavy (non-hydrogen) atoms. The molecule has 2 aliphatic rings. The largest absolute Gasteiger partial charge is 0.271 e. The molecule has 1 aromatic carbocycles. The molecule has 0 radical (unpaired) electrons. The molecule has 2 bridgehead atoms. The number of nitrogens with zero attached hydrogens (tertiary/aromatic N) is 6. The van der Waals surface area contributed by atoms with Crippen LogP contribution in [0, 0.1) is 17.0 Å². The monoisotopic (exact) mass is 550 g/mol. The van der Waals surface area contributed by atoms with E-state index in [4.69, 9.17) is 4.98 Å². The number of hydrogen-bond donors (Lipinski definition) is 0. The summed E-state index contributed by atoms with van der Waals surface area (Å²) < 4.78 is 54.5. The second-order valence-electron chi connectivity index (χ2n) is 10.9. The van der Waals surface area contributed by atoms with Crippen LogP contribution in [0.5, 0.6) is 0 Å². The number of hydrogen-bond acceptors (Lipinski definition) is 7. The van der Waals surface area contributed by atoms with Crippen molar-refractivity contribution in [1.29, 1.82) is 0 Å². The Labute approximate surface area is 225 Å². The summed E-state index contributed by atoms with van der Waals surface area (Å²) in [6, 6.07) is 5.55. The van der Waals surface area contributed by atoms with Crippen LogP contribution in [0.1, 0.15) is 56.5 Å². The molecular formula is C28H28F2N6O2S. The predicted molar refractivity (Wildman–Crippen MR) is 142 cm³/mol. The van der Waals surface area contributed by atoms with Crippen LogP contribution in [0.15, 0.2) is 49.1 Å². The van der Waals surface area contributed by atoms with Crippen molar-refractivity contribution in [1.82, 2.24) is 29.9 Å². The molecular weight excluding hydrogens is 522 g/mol. The zero-order valence-electron chi connectivity index (χ0n) is 21.9. The summed E-state index contributed by atoms with van der Waals surface area (Å²) >= 11 is 0. The van der Waals surface area contributed by atoms with Gasteiger partial charge in [0.1, 0.15) is 11.6 Å². The van der Waals surface area contributed by atoms with E-state index in [0.717, 1.165) is 35.4 Å². The van der Waals surface area contributed by atoms with E-state index in [1.807, 2.05) is 0 Å². The zero-order valence-corrected chi connectivity index (χ0v) is 22.7. The normalized spacial score (nSPS) is 21.3. The van der Waals surface area contributed by atoms with E-state index in [2.05, 4.69) is 34.1 Å². The average Bonchev–Trinajstić information content (AvgIpc) is 3.55. The predicted octanol–water partition coefficient (Wildman–Crippen LogP) is 4.71. The quantitative estimate of drug-likeness (QED) is 0.328. The molecule has 1 fully saturated rings. The Hall–Kier alpha value is -3.60. The van der Waals surface area contributed by atoms with Gasteiger partial charge >= 0.3 is 0 Å². The fourth-order valence-corrected chi connectivity index (χ4v) is 7.22. The first-order valence-electron chi connectivity index (χ1n) is 13.0. The van der Waals surface area contributed by atoms with Crippen molar-refractivity contribution >= 4 is 9.84 Å². The van der Waals surface area contributed by atoms with Gasteiger partial charge in [-0.25, -0.2) is 22.2 Å². The van der Waals surface area contributed by atoms with Crippen molar-refractivity contribution in [2.75, 3.05) is 11.5 Å². The number of fused-ring (bicyclic) bond motifs is 5. The van der Waals surface area contributed by atoms with Crippen molar-refractivity contribution in [2.24, 2.45) is 5.41 Å². The van der Waals surface area contributed by atoms with E-state index in [1.54, 1.807) is 42.5 Å². The first-order chi connectivity index (χ1) is 18.6. The minimum atomic E-state index is -3.11. The zero-order chi connectivity index (χ0) is 27.6. The molecule has 0 aliphatic heterocycles. The Morgan fingerprint density at radius 3 is 2.59 bits per heavy atom. The van der Waals surface area contributed by atoms with Gasteiger partial charge in [-0.15, -0.1) is 5.10 Å². The van der Waals surface area contributed by atoms with Crippen LogP contribution in [0.4, 0.5) is 8.78 Å². The van der Waals surface area contributed by atoms with Crippen LogP contribution in [-0.4, -0.2) is 49.9 Å². The van der Waals surface area contributed by atoms with E-state index in [0.29, 0.717) is 5.69 Å². The number of aromatic nitrogens is 6. The number of rotatable bonds is 7. The molecule has 0 amide bonds. The van der Waals surface area contributed by atoms with Crippen LogP contribution in [0.3, 0.4) is 0 Å². The van der Waals surface area contributed by atoms with Gasteiger partial charge in [-0.2, -0.15) is 10.2 Å². The lowest BCUT2D eigenvalue weighted by Crippen LogP contribution is -2.38. The Kier molecular flexibility index (Phi) is 5.90. The lowest BCUT2D eigenvalue weighted by atomic mass is 9.66. The third-order valence-corrected chi connectivity index (χ3v) is 10.4. The lowest BCUT2D eigenvalue weighted by Gasteiger charge is -2.37. The van der Waals surface area contributed by atoms with E-state index >= 15 is 0 Å². The molecule has 0 N–H and O–H groups in total. The van der Waals surface area contributed by atoms with Crippen LogP contribution >= 0.6 is 0 Å². The van der Waals surface area contributed by atoms with Gasteiger partial charge in [-0.1, -0.05) is 26.8 Å². The molecule has 2 aliphatic carbocycles. The standard InChI is InChI=1S/C28H28F2N6O2S/c1-4-39(37,38)11-10-36-16-17(13-32-36)23-14-31-15-24(33-23)28-9-8-19(27(28,2)3)18-12-22(34-35-26(18)28)25-20(29)6-5-7-21(25)30/h5-7,12-16,19H,4,8-11H2,1-3H3/t19-,28-/m0/s1. The van der Waals surface area contributed by atoms with Crippen molar-refractivity contribution in [3.63, 3.8) is 0 Å². The molecule has 3 heterocycles. The Morgan fingerprint density at radius 1 is 1.08 bits per heavy atom. The highest BCUT2D eigenvalue weighted by Gasteiger charge is 2.65. The van der Waals surface area contributed by atoms with E-state index in [9.17, 15) is 17.2 Å². The second kappa shape index (κ2) is 8.97. The topological polar surface area (TPSA) is 104 Å². The maximum absolute atomic E-state index is 14.5. The molecule has 11 heteroatoms. The van der Waals surface area contributed by atoms with Gasteiger partial charge in [0.2, 0.25) is 0 Å². The number of benzene rings is 1. The molecule has 0 unspecified atom stereocenters. The van der Waals surface area contributed by atoms with Gasteiger partial charge in [0.05, 0.1) is 58.4 Å². The van der Waals surface area contributed by atoms with Crippen molar-refractivity contribution in [3.05, 3.63) is 77.6 Å². The molecule has 3 aromatic heterocycles. The van der Waals surface area contributed by atoms with Crippen molar-refractivity contribution < 1.29 is 17.2 Å². The SMILES string of the molecule is CCS(=O)(=O)CCn1cc(-c2cncc([C@@]34CC[C@@H](c5cc(-c6c(F)cccc6F)nnc53)C4(C)C)n2)cn1. The summed E-state index contributed by atoms with van der Waals surface area (Å²) in [6.45, 7) is 6.24. The van der Waals surface area contributed by atoms with Gasteiger partial charge in [-0.3, -0.25) is 9.67 Å². The second-order valence-corrected chi connectivity index (χ2v) is 13.3. The van der Waals surface area contributed by atoms with E-state index in [-0.39, 0.29) is 40.6 Å². The molecule has 8 nitrogen and oxygen atoms in total. The third kappa shape index (κ3) is 3.89. The molecule has 0 spiro atoms. The molecule has 1 saturated carbocycles. The summed E-state index contributed by atoms with van der Waals surface area (Å²) in [7, 11) is -3.11. The fourth-order valence-electron chi connectivity index (χ4n) is 6.46. The Morgan fingerprint density at radius 2 is 1.85 bits per heavy atom. The van der Waals surface area contributed by atoms with Gasteiger partial charge in [0, 0.05) is 23.7 Å². The van der Waals surface area contributed by atoms with E-state index in [1.165, 1.54) is 18.2 Å². The van der Waals surface area contributed by atoms with Crippen LogP contribution in [0.25, 0.3) is 22.5 Å². The maximum Gasteiger partial charge on any atom is 0.151 e. The molecule has 6 rings (SSSR count). The van der Waals surface area contributed by atoms with Crippen LogP contribution < -0.4 is 0 Å². The molecule has 202 valence electrons. The van der Waals surface area contributed by atoms with Gasteiger partial charge < -0.3 is 0 Å². The minimum Gasteiger partial charge on any atom is -0.271 e. The third-order valence-electron chi connectivity index (χ3n) is 8.67. The number of aryl methyl sites for hydroxylation is 1. The van der Waals surface area contributed by atoms with Gasteiger partial charge in [0.15, 0.2) is 9.84 Å². The summed E-state index contributed by atoms with van der Waals surface area (Å²) in [5, 5.41) is 13.2. The summed E-state index contributed by atoms with van der Waals surface area (Å²) in [5.74, 6) is -1.12. The lowest BCUT2D eigenvalue weighted by molar-refractivity contribution is 0.242. The maximum atomic E-state index is 14.5. The first-order valence-corrected chi connectivity index (χ1v) is 14.8. The van der Waals surface area contributed by atoms with Crippen molar-refractivity contribution in [3.8, 4) is 22.5 Å². The first kappa shape index (κ1) is 25.7. The number of halogens is 2. The van der Waals surface area contributed by atoms with E-state index < -0.39 is 26.9 Å². The molecule has 2 atom stereocenters. The Balaban J connectivity index is 1.39. The van der Waals surface area contributed by atoms with Crippen LogP contribution in [0.2, 0.25) is 0 Å². The summed E-state index contributed by atoms with van der Waals surface area (Å²) in [6.07, 6.45) is 8.52. The van der Waals surface area contributed by atoms with Crippen molar-refractivity contribution in [2.45, 2.75) is 51.5 Å². The summed E-state index contributed by atoms with van der Waals surface area (Å²) in [4.78, 5) is 9.52. The fraction of sp³-hybridized carbons (Fsp3) is 0.393. The van der Waals surface area contributed by atoms with Gasteiger partial charge in [0.25, 0.3) is 0 Å². The smallest absolute Gasteiger partial charge is 0.151 e. The average molecular weight is 551 g/mol. The minimum absolute atomic E-state index is 0.0171. The highest BCUT2D eigenvalue weighted by Crippen LogP contribution is 2.69. The molecule has 0 saturated heterocycles.